The van der Waals surface area contributed by atoms with Gasteiger partial charge in [-0.15, -0.1) is 0 Å². The average molecular weight is 376 g/mol. The molecule has 20 heavy (non-hydrogen) atoms. The van der Waals surface area contributed by atoms with E-state index in [4.69, 9.17) is 23.2 Å². The second-order valence-electron chi connectivity index (χ2n) is 4.02. The lowest BCUT2D eigenvalue weighted by Gasteiger charge is -2.11. The van der Waals surface area contributed by atoms with E-state index in [0.29, 0.717) is 22.3 Å². The number of hydrogen-bond donors (Lipinski definition) is 1. The van der Waals surface area contributed by atoms with Crippen molar-refractivity contribution < 1.29 is 4.92 Å². The summed E-state index contributed by atoms with van der Waals surface area (Å²) < 4.78 is 0.799. The third-order valence-electron chi connectivity index (χ3n) is 2.62. The van der Waals surface area contributed by atoms with Gasteiger partial charge >= 0.3 is 0 Å². The van der Waals surface area contributed by atoms with Crippen LogP contribution in [0.1, 0.15) is 5.56 Å². The fourth-order valence-electron chi connectivity index (χ4n) is 1.64. The highest BCUT2D eigenvalue weighted by atomic mass is 79.9. The van der Waals surface area contributed by atoms with E-state index in [-0.39, 0.29) is 5.69 Å². The molecule has 1 N–H and O–H groups in total. The molecule has 0 atom stereocenters. The van der Waals surface area contributed by atoms with Crippen LogP contribution in [-0.2, 0) is 6.54 Å². The Morgan fingerprint density at radius 2 is 1.70 bits per heavy atom. The highest BCUT2D eigenvalue weighted by Gasteiger charge is 2.08. The van der Waals surface area contributed by atoms with Gasteiger partial charge < -0.3 is 5.32 Å². The normalized spacial score (nSPS) is 10.3. The lowest BCUT2D eigenvalue weighted by Crippen LogP contribution is -2.01. The van der Waals surface area contributed by atoms with Gasteiger partial charge in [0.25, 0.3) is 5.69 Å². The second kappa shape index (κ2) is 6.43. The average Bonchev–Trinajstić information content (AvgIpc) is 2.38. The summed E-state index contributed by atoms with van der Waals surface area (Å²) in [5, 5.41) is 14.7. The molecule has 4 nitrogen and oxygen atoms in total. The number of hydrogen-bond acceptors (Lipinski definition) is 3. The second-order valence-corrected chi connectivity index (χ2v) is 5.75. The van der Waals surface area contributed by atoms with Crippen LogP contribution < -0.4 is 5.32 Å². The number of non-ortho nitro benzene ring substituents is 1. The van der Waals surface area contributed by atoms with Crippen molar-refractivity contribution in [1.29, 1.82) is 0 Å². The van der Waals surface area contributed by atoms with Crippen molar-refractivity contribution in [3.63, 3.8) is 0 Å². The molecular formula is C13H9BrCl2N2O2. The van der Waals surface area contributed by atoms with E-state index < -0.39 is 4.92 Å². The first-order chi connectivity index (χ1) is 9.47. The van der Waals surface area contributed by atoms with Gasteiger partial charge in [0, 0.05) is 23.2 Å². The van der Waals surface area contributed by atoms with Gasteiger partial charge in [0.1, 0.15) is 0 Å². The molecule has 0 aliphatic carbocycles. The molecule has 0 unspecified atom stereocenters. The molecule has 0 aliphatic rings. The molecule has 104 valence electrons. The van der Waals surface area contributed by atoms with Crippen LogP contribution in [-0.4, -0.2) is 4.92 Å². The predicted octanol–water partition coefficient (Wildman–Crippen LogP) is 5.28. The molecule has 0 aromatic heterocycles. The number of nitrogens with zero attached hydrogens (tertiary/aromatic N) is 1. The molecule has 2 aromatic rings. The fraction of sp³-hybridized carbons (Fsp3) is 0.0769. The summed E-state index contributed by atoms with van der Waals surface area (Å²) >= 11 is 15.5. The van der Waals surface area contributed by atoms with Gasteiger partial charge in [0.05, 0.1) is 20.7 Å². The Morgan fingerprint density at radius 1 is 1.15 bits per heavy atom. The fourth-order valence-corrected chi connectivity index (χ4v) is 2.98. The lowest BCUT2D eigenvalue weighted by atomic mass is 10.2. The number of nitro benzene ring substituents is 1. The molecule has 0 radical (unpaired) electrons. The molecule has 0 amide bonds. The van der Waals surface area contributed by atoms with Crippen LogP contribution in [0.15, 0.2) is 40.9 Å². The summed E-state index contributed by atoms with van der Waals surface area (Å²) in [4.78, 5) is 10.1. The van der Waals surface area contributed by atoms with E-state index in [9.17, 15) is 10.1 Å². The third kappa shape index (κ3) is 3.62. The van der Waals surface area contributed by atoms with E-state index in [1.807, 2.05) is 0 Å². The maximum atomic E-state index is 10.6. The maximum absolute atomic E-state index is 10.6. The Balaban J connectivity index is 2.11. The van der Waals surface area contributed by atoms with E-state index in [1.54, 1.807) is 24.3 Å². The highest BCUT2D eigenvalue weighted by molar-refractivity contribution is 9.10. The monoisotopic (exact) mass is 374 g/mol. The molecule has 2 aromatic carbocycles. The molecule has 0 fully saturated rings. The summed E-state index contributed by atoms with van der Waals surface area (Å²) in [6, 6.07) is 9.78. The van der Waals surface area contributed by atoms with Crippen LogP contribution in [0.5, 0.6) is 0 Å². The van der Waals surface area contributed by atoms with Crippen LogP contribution >= 0.6 is 39.1 Å². The van der Waals surface area contributed by atoms with Gasteiger partial charge in [-0.25, -0.2) is 0 Å². The minimum atomic E-state index is -0.431. The number of rotatable bonds is 4. The summed E-state index contributed by atoms with van der Waals surface area (Å²) in [7, 11) is 0. The summed E-state index contributed by atoms with van der Waals surface area (Å²) in [5.41, 5.74) is 1.59. The number of halogens is 3. The van der Waals surface area contributed by atoms with Crippen molar-refractivity contribution in [2.45, 2.75) is 6.54 Å². The number of anilines is 1. The number of nitro groups is 1. The van der Waals surface area contributed by atoms with Crippen LogP contribution in [0.2, 0.25) is 10.0 Å². The van der Waals surface area contributed by atoms with E-state index in [2.05, 4.69) is 21.2 Å². The van der Waals surface area contributed by atoms with Gasteiger partial charge in [-0.2, -0.15) is 0 Å². The Bertz CT molecular complexity index is 624. The van der Waals surface area contributed by atoms with Crippen LogP contribution in [0.3, 0.4) is 0 Å². The van der Waals surface area contributed by atoms with Crippen LogP contribution in [0.4, 0.5) is 11.4 Å². The summed E-state index contributed by atoms with van der Waals surface area (Å²) in [6.07, 6.45) is 0. The van der Waals surface area contributed by atoms with Gasteiger partial charge in [0.15, 0.2) is 0 Å². The van der Waals surface area contributed by atoms with Crippen molar-refractivity contribution >= 4 is 50.5 Å². The largest absolute Gasteiger partial charge is 0.379 e. The first kappa shape index (κ1) is 15.1. The highest BCUT2D eigenvalue weighted by Crippen LogP contribution is 2.34. The van der Waals surface area contributed by atoms with E-state index in [1.165, 1.54) is 12.1 Å². The standard InChI is InChI=1S/C13H9BrCl2N2O2/c14-9-5-11(15)13(12(16)6-9)17-7-8-1-3-10(4-2-8)18(19)20/h1-6,17H,7H2. The first-order valence-electron chi connectivity index (χ1n) is 5.59. The lowest BCUT2D eigenvalue weighted by molar-refractivity contribution is -0.384. The first-order valence-corrected chi connectivity index (χ1v) is 7.14. The molecular weight excluding hydrogens is 367 g/mol. The Hall–Kier alpha value is -1.30. The number of nitrogens with one attached hydrogen (secondary N) is 1. The van der Waals surface area contributed by atoms with E-state index >= 15 is 0 Å². The third-order valence-corrected chi connectivity index (χ3v) is 3.68. The van der Waals surface area contributed by atoms with Crippen LogP contribution in [0, 0.1) is 10.1 Å². The SMILES string of the molecule is O=[N+]([O-])c1ccc(CNc2c(Cl)cc(Br)cc2Cl)cc1. The molecule has 0 saturated carbocycles. The van der Waals surface area contributed by atoms with Gasteiger partial charge in [-0.3, -0.25) is 10.1 Å². The minimum absolute atomic E-state index is 0.0634. The van der Waals surface area contributed by atoms with E-state index in [0.717, 1.165) is 10.0 Å². The zero-order valence-electron chi connectivity index (χ0n) is 10.1. The molecule has 2 rings (SSSR count). The van der Waals surface area contributed by atoms with Gasteiger partial charge in [0.2, 0.25) is 0 Å². The Kier molecular flexibility index (Phi) is 4.86. The molecule has 0 saturated heterocycles. The summed E-state index contributed by atoms with van der Waals surface area (Å²) in [5.74, 6) is 0. The molecule has 7 heteroatoms. The summed E-state index contributed by atoms with van der Waals surface area (Å²) in [6.45, 7) is 0.471. The van der Waals surface area contributed by atoms with Gasteiger partial charge in [-0.05, 0) is 17.7 Å². The van der Waals surface area contributed by atoms with Crippen molar-refractivity contribution in [3.8, 4) is 0 Å². The zero-order chi connectivity index (χ0) is 14.7. The van der Waals surface area contributed by atoms with Crippen molar-refractivity contribution in [1.82, 2.24) is 0 Å². The molecule has 0 spiro atoms. The smallest absolute Gasteiger partial charge is 0.269 e. The predicted molar refractivity (Wildman–Crippen MR) is 84.6 cm³/mol. The van der Waals surface area contributed by atoms with Crippen molar-refractivity contribution in [2.75, 3.05) is 5.32 Å². The maximum Gasteiger partial charge on any atom is 0.269 e. The minimum Gasteiger partial charge on any atom is -0.379 e. The number of benzene rings is 2. The molecule has 0 bridgehead atoms. The molecule has 0 aliphatic heterocycles. The van der Waals surface area contributed by atoms with Crippen LogP contribution in [0.25, 0.3) is 0 Å². The van der Waals surface area contributed by atoms with Crippen molar-refractivity contribution in [3.05, 3.63) is 66.6 Å². The quantitative estimate of drug-likeness (QED) is 0.584. The Labute approximate surface area is 134 Å². The topological polar surface area (TPSA) is 55.2 Å². The Morgan fingerprint density at radius 3 is 2.20 bits per heavy atom. The zero-order valence-corrected chi connectivity index (χ0v) is 13.2. The van der Waals surface area contributed by atoms with Gasteiger partial charge in [-0.1, -0.05) is 51.3 Å². The molecule has 0 heterocycles. The van der Waals surface area contributed by atoms with Crippen molar-refractivity contribution in [2.24, 2.45) is 0 Å².